The highest BCUT2D eigenvalue weighted by Crippen LogP contribution is 2.35. The fourth-order valence-electron chi connectivity index (χ4n) is 6.18. The predicted octanol–water partition coefficient (Wildman–Crippen LogP) is 7.47. The standard InChI is InChI=1S/C32H34Cl2N4O3S2/c33-28-6-3-22(18-29(28)34)4-8-31(39)38-15-9-23(10-16-38)21-37-13-11-24(12-14-37)27-20-35-30-7-5-25(19-26(27)30)36-43(40,41)32-2-1-17-42-32/h1-8,17-20,23-24,35-36H,9-16,21H2/b8-4+. The van der Waals surface area contributed by atoms with Crippen LogP contribution in [0.25, 0.3) is 17.0 Å². The first-order valence-corrected chi connectivity index (χ1v) is 17.7. The van der Waals surface area contributed by atoms with E-state index in [0.717, 1.165) is 74.9 Å². The first-order valence-electron chi connectivity index (χ1n) is 14.6. The molecule has 4 aromatic rings. The number of carbonyl (C=O) groups is 1. The quantitative estimate of drug-likeness (QED) is 0.193. The van der Waals surface area contributed by atoms with E-state index >= 15 is 0 Å². The maximum absolute atomic E-state index is 12.7. The van der Waals surface area contributed by atoms with Gasteiger partial charge in [0.05, 0.1) is 10.0 Å². The van der Waals surface area contributed by atoms with Crippen molar-refractivity contribution >= 4 is 73.1 Å². The Bertz CT molecular complexity index is 1720. The van der Waals surface area contributed by atoms with Crippen molar-refractivity contribution in [3.8, 4) is 0 Å². The van der Waals surface area contributed by atoms with Gasteiger partial charge in [0.15, 0.2) is 0 Å². The number of anilines is 1. The molecule has 2 saturated heterocycles. The average molecular weight is 658 g/mol. The lowest BCUT2D eigenvalue weighted by Gasteiger charge is -2.37. The van der Waals surface area contributed by atoms with Crippen LogP contribution in [0.2, 0.25) is 10.0 Å². The van der Waals surface area contributed by atoms with Crippen molar-refractivity contribution in [2.75, 3.05) is 37.4 Å². The molecule has 4 heterocycles. The molecule has 43 heavy (non-hydrogen) atoms. The first-order chi connectivity index (χ1) is 20.7. The minimum atomic E-state index is -3.59. The van der Waals surface area contributed by atoms with Crippen molar-refractivity contribution in [2.24, 2.45) is 5.92 Å². The zero-order chi connectivity index (χ0) is 30.0. The Balaban J connectivity index is 0.992. The molecule has 7 nitrogen and oxygen atoms in total. The van der Waals surface area contributed by atoms with Gasteiger partial charge < -0.3 is 14.8 Å². The number of aromatic nitrogens is 1. The van der Waals surface area contributed by atoms with Crippen molar-refractivity contribution in [1.29, 1.82) is 0 Å². The monoisotopic (exact) mass is 656 g/mol. The summed E-state index contributed by atoms with van der Waals surface area (Å²) in [6, 6.07) is 14.4. The molecule has 0 saturated carbocycles. The Morgan fingerprint density at radius 1 is 1.00 bits per heavy atom. The van der Waals surface area contributed by atoms with Crippen LogP contribution in [-0.2, 0) is 14.8 Å². The number of amides is 1. The number of carbonyl (C=O) groups excluding carboxylic acids is 1. The van der Waals surface area contributed by atoms with Crippen molar-refractivity contribution in [2.45, 2.75) is 35.8 Å². The van der Waals surface area contributed by atoms with E-state index in [1.165, 1.54) is 16.9 Å². The van der Waals surface area contributed by atoms with Gasteiger partial charge in [-0.3, -0.25) is 9.52 Å². The van der Waals surface area contributed by atoms with Gasteiger partial charge in [0.1, 0.15) is 4.21 Å². The largest absolute Gasteiger partial charge is 0.361 e. The molecule has 6 rings (SSSR count). The summed E-state index contributed by atoms with van der Waals surface area (Å²) in [6.45, 7) is 4.69. The molecule has 2 aliphatic rings. The minimum Gasteiger partial charge on any atom is -0.361 e. The van der Waals surface area contributed by atoms with Gasteiger partial charge in [-0.15, -0.1) is 11.3 Å². The molecule has 0 spiro atoms. The maximum atomic E-state index is 12.7. The van der Waals surface area contributed by atoms with Crippen molar-refractivity contribution < 1.29 is 13.2 Å². The number of thiophene rings is 1. The normalized spacial score (nSPS) is 17.7. The highest BCUT2D eigenvalue weighted by atomic mass is 35.5. The first kappa shape index (κ1) is 30.2. The van der Waals surface area contributed by atoms with E-state index in [1.807, 2.05) is 23.1 Å². The fraction of sp³-hybridized carbons (Fsp3) is 0.344. The fourth-order valence-corrected chi connectivity index (χ4v) is 8.53. The third kappa shape index (κ3) is 7.13. The van der Waals surface area contributed by atoms with Gasteiger partial charge in [-0.05, 0) is 110 Å². The molecule has 2 N–H and O–H groups in total. The highest BCUT2D eigenvalue weighted by molar-refractivity contribution is 7.94. The molecule has 0 unspecified atom stereocenters. The molecule has 226 valence electrons. The second-order valence-electron chi connectivity index (χ2n) is 11.4. The Labute approximate surface area is 266 Å². The number of fused-ring (bicyclic) bond motifs is 1. The SMILES string of the molecule is O=C(/C=C/c1ccc(Cl)c(Cl)c1)N1CCC(CN2CCC(c3c[nH]c4ccc(NS(=O)(=O)c5cccs5)cc34)CC2)CC1. The summed E-state index contributed by atoms with van der Waals surface area (Å²) in [4.78, 5) is 20.6. The van der Waals surface area contributed by atoms with E-state index in [2.05, 4.69) is 20.8 Å². The van der Waals surface area contributed by atoms with E-state index in [0.29, 0.717) is 31.8 Å². The molecular formula is C32H34Cl2N4O3S2. The molecule has 2 fully saturated rings. The molecule has 0 radical (unpaired) electrons. The Hall–Kier alpha value is -2.82. The van der Waals surface area contributed by atoms with Gasteiger partial charge in [-0.1, -0.05) is 35.3 Å². The van der Waals surface area contributed by atoms with E-state index in [-0.39, 0.29) is 5.91 Å². The lowest BCUT2D eigenvalue weighted by molar-refractivity contribution is -0.127. The van der Waals surface area contributed by atoms with Gasteiger partial charge in [0.25, 0.3) is 10.0 Å². The van der Waals surface area contributed by atoms with Crippen LogP contribution >= 0.6 is 34.5 Å². The number of halogens is 2. The highest BCUT2D eigenvalue weighted by Gasteiger charge is 2.27. The summed E-state index contributed by atoms with van der Waals surface area (Å²) < 4.78 is 28.5. The van der Waals surface area contributed by atoms with E-state index in [4.69, 9.17) is 23.2 Å². The maximum Gasteiger partial charge on any atom is 0.271 e. The second-order valence-corrected chi connectivity index (χ2v) is 15.1. The second kappa shape index (κ2) is 13.0. The average Bonchev–Trinajstić information content (AvgIpc) is 3.70. The minimum absolute atomic E-state index is 0.0338. The van der Waals surface area contributed by atoms with Crippen molar-refractivity contribution in [3.05, 3.63) is 87.4 Å². The van der Waals surface area contributed by atoms with Gasteiger partial charge in [-0.25, -0.2) is 8.42 Å². The summed E-state index contributed by atoms with van der Waals surface area (Å²) >= 11 is 13.3. The molecule has 0 aliphatic carbocycles. The van der Waals surface area contributed by atoms with Crippen molar-refractivity contribution in [1.82, 2.24) is 14.8 Å². The van der Waals surface area contributed by atoms with Crippen LogP contribution < -0.4 is 4.72 Å². The van der Waals surface area contributed by atoms with E-state index in [1.54, 1.807) is 47.9 Å². The third-order valence-corrected chi connectivity index (χ3v) is 12.1. The van der Waals surface area contributed by atoms with Gasteiger partial charge >= 0.3 is 0 Å². The number of H-pyrrole nitrogens is 1. The number of rotatable bonds is 8. The zero-order valence-corrected chi connectivity index (χ0v) is 26.8. The number of hydrogen-bond donors (Lipinski definition) is 2. The topological polar surface area (TPSA) is 85.5 Å². The number of nitrogens with one attached hydrogen (secondary N) is 2. The van der Waals surface area contributed by atoms with E-state index < -0.39 is 10.0 Å². The predicted molar refractivity (Wildman–Crippen MR) is 177 cm³/mol. The number of likely N-dealkylation sites (tertiary alicyclic amines) is 2. The van der Waals surface area contributed by atoms with Crippen LogP contribution in [0.15, 0.2) is 70.4 Å². The third-order valence-electron chi connectivity index (χ3n) is 8.56. The zero-order valence-electron chi connectivity index (χ0n) is 23.6. The van der Waals surface area contributed by atoms with Gasteiger partial charge in [-0.2, -0.15) is 0 Å². The number of benzene rings is 2. The summed E-state index contributed by atoms with van der Waals surface area (Å²) in [5, 5.41) is 3.82. The van der Waals surface area contributed by atoms with Crippen LogP contribution in [0.4, 0.5) is 5.69 Å². The molecular weight excluding hydrogens is 623 g/mol. The summed E-state index contributed by atoms with van der Waals surface area (Å²) in [5.74, 6) is 1.05. The number of sulfonamides is 1. The molecule has 2 aromatic heterocycles. The Morgan fingerprint density at radius 2 is 1.79 bits per heavy atom. The van der Waals surface area contributed by atoms with Crippen LogP contribution in [0.1, 0.15) is 42.7 Å². The molecule has 0 bridgehead atoms. The van der Waals surface area contributed by atoms with Crippen LogP contribution in [-0.4, -0.2) is 61.8 Å². The molecule has 1 amide bonds. The summed E-state index contributed by atoms with van der Waals surface area (Å²) in [5.41, 5.74) is 3.71. The lowest BCUT2D eigenvalue weighted by atomic mass is 9.88. The van der Waals surface area contributed by atoms with Crippen LogP contribution in [0.3, 0.4) is 0 Å². The lowest BCUT2D eigenvalue weighted by Crippen LogP contribution is -2.42. The Kier molecular flexibility index (Phi) is 9.16. The molecule has 11 heteroatoms. The van der Waals surface area contributed by atoms with Crippen LogP contribution in [0.5, 0.6) is 0 Å². The molecule has 2 aromatic carbocycles. The number of piperidine rings is 2. The molecule has 0 atom stereocenters. The number of hydrogen-bond acceptors (Lipinski definition) is 5. The number of aromatic amines is 1. The van der Waals surface area contributed by atoms with Crippen molar-refractivity contribution in [3.63, 3.8) is 0 Å². The van der Waals surface area contributed by atoms with E-state index in [9.17, 15) is 13.2 Å². The summed E-state index contributed by atoms with van der Waals surface area (Å²) in [6.07, 6.45) is 9.66. The smallest absolute Gasteiger partial charge is 0.271 e. The van der Waals surface area contributed by atoms with Crippen LogP contribution in [0, 0.1) is 5.92 Å². The number of nitrogens with zero attached hydrogens (tertiary/aromatic N) is 2. The van der Waals surface area contributed by atoms with Gasteiger partial charge in [0, 0.05) is 48.5 Å². The summed E-state index contributed by atoms with van der Waals surface area (Å²) in [7, 11) is -3.59. The molecule has 2 aliphatic heterocycles. The van der Waals surface area contributed by atoms with Gasteiger partial charge in [0.2, 0.25) is 5.91 Å². The Morgan fingerprint density at radius 3 is 2.51 bits per heavy atom.